The summed E-state index contributed by atoms with van der Waals surface area (Å²) in [5, 5.41) is 3.80. The predicted octanol–water partition coefficient (Wildman–Crippen LogP) is 2.51. The van der Waals surface area contributed by atoms with Crippen LogP contribution in [0.5, 0.6) is 0 Å². The van der Waals surface area contributed by atoms with E-state index in [4.69, 9.17) is 4.74 Å². The summed E-state index contributed by atoms with van der Waals surface area (Å²) in [6.45, 7) is 11.6. The highest BCUT2D eigenvalue weighted by molar-refractivity contribution is 4.97. The maximum Gasteiger partial charge on any atom is 0.0462 e. The summed E-state index contributed by atoms with van der Waals surface area (Å²) in [7, 11) is 1.80. The molecule has 2 unspecified atom stereocenters. The van der Waals surface area contributed by atoms with Crippen LogP contribution in [0, 0.1) is 11.3 Å². The Kier molecular flexibility index (Phi) is 5.27. The van der Waals surface area contributed by atoms with Gasteiger partial charge in [0.15, 0.2) is 0 Å². The van der Waals surface area contributed by atoms with Gasteiger partial charge >= 0.3 is 0 Å². The van der Waals surface area contributed by atoms with E-state index in [1.54, 1.807) is 7.11 Å². The second-order valence-corrected chi connectivity index (χ2v) is 7.43. The van der Waals surface area contributed by atoms with E-state index in [1.165, 1.54) is 45.3 Å². The van der Waals surface area contributed by atoms with Gasteiger partial charge in [0.1, 0.15) is 0 Å². The predicted molar refractivity (Wildman–Crippen MR) is 80.4 cm³/mol. The first-order valence-electron chi connectivity index (χ1n) is 7.98. The van der Waals surface area contributed by atoms with Crippen LogP contribution >= 0.6 is 0 Å². The molecule has 1 saturated heterocycles. The lowest BCUT2D eigenvalue weighted by Crippen LogP contribution is -2.61. The molecule has 0 spiro atoms. The van der Waals surface area contributed by atoms with E-state index in [0.717, 1.165) is 18.6 Å². The molecular formula is C16H32N2O. The first kappa shape index (κ1) is 15.3. The highest BCUT2D eigenvalue weighted by Crippen LogP contribution is 2.37. The lowest BCUT2D eigenvalue weighted by molar-refractivity contribution is 0.0713. The van der Waals surface area contributed by atoms with Crippen LogP contribution in [0.15, 0.2) is 0 Å². The molecule has 19 heavy (non-hydrogen) atoms. The van der Waals surface area contributed by atoms with Crippen LogP contribution in [-0.2, 0) is 4.74 Å². The van der Waals surface area contributed by atoms with E-state index in [9.17, 15) is 0 Å². The topological polar surface area (TPSA) is 24.5 Å². The largest absolute Gasteiger partial charge is 0.385 e. The van der Waals surface area contributed by atoms with Crippen LogP contribution in [-0.4, -0.2) is 50.3 Å². The van der Waals surface area contributed by atoms with Crippen molar-refractivity contribution in [2.45, 2.75) is 58.5 Å². The molecule has 2 aliphatic rings. The van der Waals surface area contributed by atoms with E-state index in [1.807, 2.05) is 0 Å². The number of nitrogens with zero attached hydrogens (tertiary/aromatic N) is 1. The first-order valence-corrected chi connectivity index (χ1v) is 7.98. The Morgan fingerprint density at radius 3 is 2.53 bits per heavy atom. The number of ether oxygens (including phenoxy) is 1. The number of hydrogen-bond donors (Lipinski definition) is 1. The van der Waals surface area contributed by atoms with Crippen LogP contribution in [0.2, 0.25) is 0 Å². The lowest BCUT2D eigenvalue weighted by atomic mass is 9.84. The number of nitrogens with one attached hydrogen (secondary N) is 1. The molecule has 1 saturated carbocycles. The maximum atomic E-state index is 5.16. The molecule has 3 heteroatoms. The molecule has 1 aliphatic heterocycles. The third-order valence-electron chi connectivity index (χ3n) is 4.71. The van der Waals surface area contributed by atoms with Crippen molar-refractivity contribution in [2.75, 3.05) is 33.4 Å². The van der Waals surface area contributed by atoms with E-state index >= 15 is 0 Å². The van der Waals surface area contributed by atoms with Crippen molar-refractivity contribution in [3.05, 3.63) is 0 Å². The second kappa shape index (κ2) is 6.55. The number of rotatable bonds is 6. The van der Waals surface area contributed by atoms with Crippen molar-refractivity contribution in [1.82, 2.24) is 10.2 Å². The summed E-state index contributed by atoms with van der Waals surface area (Å²) >= 11 is 0. The Morgan fingerprint density at radius 2 is 1.95 bits per heavy atom. The molecule has 0 amide bonds. The van der Waals surface area contributed by atoms with Crippen LogP contribution < -0.4 is 5.32 Å². The molecular weight excluding hydrogens is 236 g/mol. The fourth-order valence-electron chi connectivity index (χ4n) is 3.17. The van der Waals surface area contributed by atoms with Gasteiger partial charge in [0.05, 0.1) is 0 Å². The number of unbranched alkanes of at least 4 members (excludes halogenated alkanes) is 1. The van der Waals surface area contributed by atoms with Gasteiger partial charge in [-0.05, 0) is 43.6 Å². The lowest BCUT2D eigenvalue weighted by Gasteiger charge is -2.45. The minimum Gasteiger partial charge on any atom is -0.385 e. The maximum absolute atomic E-state index is 5.16. The molecule has 2 atom stereocenters. The van der Waals surface area contributed by atoms with Crippen molar-refractivity contribution in [2.24, 2.45) is 11.3 Å². The summed E-state index contributed by atoms with van der Waals surface area (Å²) in [5.41, 5.74) is 0.360. The quantitative estimate of drug-likeness (QED) is 0.749. The molecule has 0 radical (unpaired) electrons. The molecule has 112 valence electrons. The van der Waals surface area contributed by atoms with E-state index in [-0.39, 0.29) is 0 Å². The monoisotopic (exact) mass is 268 g/mol. The van der Waals surface area contributed by atoms with Crippen molar-refractivity contribution < 1.29 is 4.74 Å². The highest BCUT2D eigenvalue weighted by Gasteiger charge is 2.40. The summed E-state index contributed by atoms with van der Waals surface area (Å²) < 4.78 is 5.16. The number of methoxy groups -OCH3 is 1. The molecule has 2 rings (SSSR count). The Balaban J connectivity index is 1.85. The average Bonchev–Trinajstić information content (AvgIpc) is 3.17. The van der Waals surface area contributed by atoms with Crippen LogP contribution in [0.1, 0.15) is 46.5 Å². The van der Waals surface area contributed by atoms with Gasteiger partial charge in [-0.25, -0.2) is 0 Å². The van der Waals surface area contributed by atoms with Gasteiger partial charge in [0, 0.05) is 38.9 Å². The summed E-state index contributed by atoms with van der Waals surface area (Å²) in [4.78, 5) is 2.76. The zero-order valence-electron chi connectivity index (χ0n) is 13.2. The van der Waals surface area contributed by atoms with E-state index in [2.05, 4.69) is 31.0 Å². The van der Waals surface area contributed by atoms with Gasteiger partial charge in [0.2, 0.25) is 0 Å². The van der Waals surface area contributed by atoms with Gasteiger partial charge in [-0.1, -0.05) is 20.8 Å². The molecule has 2 fully saturated rings. The van der Waals surface area contributed by atoms with Crippen LogP contribution in [0.25, 0.3) is 0 Å². The van der Waals surface area contributed by atoms with Crippen LogP contribution in [0.4, 0.5) is 0 Å². The number of hydrogen-bond acceptors (Lipinski definition) is 3. The normalized spacial score (nSPS) is 29.7. The average molecular weight is 268 g/mol. The molecule has 1 N–H and O–H groups in total. The molecule has 0 aromatic carbocycles. The molecule has 0 aromatic rings. The van der Waals surface area contributed by atoms with Crippen LogP contribution in [0.3, 0.4) is 0 Å². The van der Waals surface area contributed by atoms with Crippen molar-refractivity contribution in [3.63, 3.8) is 0 Å². The van der Waals surface area contributed by atoms with Gasteiger partial charge in [-0.2, -0.15) is 0 Å². The SMILES string of the molecule is COCCCCN1CC(C(C)(C)C)NCC1C1CC1. The van der Waals surface area contributed by atoms with Crippen molar-refractivity contribution in [3.8, 4) is 0 Å². The summed E-state index contributed by atoms with van der Waals surface area (Å²) in [5.74, 6) is 0.968. The van der Waals surface area contributed by atoms with Gasteiger partial charge < -0.3 is 10.1 Å². The third kappa shape index (κ3) is 4.44. The van der Waals surface area contributed by atoms with Crippen molar-refractivity contribution in [1.29, 1.82) is 0 Å². The Hall–Kier alpha value is -0.120. The standard InChI is InChI=1S/C16H32N2O/c1-16(2,3)15-12-18(9-5-6-10-19-4)14(11-17-15)13-7-8-13/h13-15,17H,5-12H2,1-4H3. The smallest absolute Gasteiger partial charge is 0.0462 e. The van der Waals surface area contributed by atoms with Gasteiger partial charge in [-0.3, -0.25) is 4.90 Å². The zero-order valence-corrected chi connectivity index (χ0v) is 13.2. The molecule has 3 nitrogen and oxygen atoms in total. The molecule has 0 bridgehead atoms. The summed E-state index contributed by atoms with van der Waals surface area (Å²) in [6.07, 6.45) is 5.36. The van der Waals surface area contributed by atoms with Gasteiger partial charge in [-0.15, -0.1) is 0 Å². The fraction of sp³-hybridized carbons (Fsp3) is 1.00. The fourth-order valence-corrected chi connectivity index (χ4v) is 3.17. The Labute approximate surface area is 119 Å². The number of piperazine rings is 1. The third-order valence-corrected chi connectivity index (χ3v) is 4.71. The van der Waals surface area contributed by atoms with E-state index in [0.29, 0.717) is 11.5 Å². The Bertz CT molecular complexity index is 270. The molecule has 1 heterocycles. The van der Waals surface area contributed by atoms with Crippen molar-refractivity contribution >= 4 is 0 Å². The minimum absolute atomic E-state index is 0.360. The second-order valence-electron chi connectivity index (χ2n) is 7.43. The minimum atomic E-state index is 0.360. The molecule has 0 aromatic heterocycles. The van der Waals surface area contributed by atoms with E-state index < -0.39 is 0 Å². The molecule has 1 aliphatic carbocycles. The van der Waals surface area contributed by atoms with Gasteiger partial charge in [0.25, 0.3) is 0 Å². The first-order chi connectivity index (χ1) is 9.02. The Morgan fingerprint density at radius 1 is 1.21 bits per heavy atom. The zero-order chi connectivity index (χ0) is 13.9. The highest BCUT2D eigenvalue weighted by atomic mass is 16.5. The summed E-state index contributed by atoms with van der Waals surface area (Å²) in [6, 6.07) is 1.42.